The average molecular weight is 403 g/mol. The Kier molecular flexibility index (Phi) is 5.79. The predicted molar refractivity (Wildman–Crippen MR) is 119 cm³/mol. The first-order valence-corrected chi connectivity index (χ1v) is 10.1. The molecule has 2 aromatic heterocycles. The van der Waals surface area contributed by atoms with Crippen molar-refractivity contribution in [2.45, 2.75) is 13.5 Å². The Morgan fingerprint density at radius 3 is 2.40 bits per heavy atom. The molecule has 1 fully saturated rings. The third kappa shape index (κ3) is 4.51. The summed E-state index contributed by atoms with van der Waals surface area (Å²) in [5, 5.41) is 2.81. The van der Waals surface area contributed by atoms with Crippen molar-refractivity contribution in [3.8, 4) is 0 Å². The summed E-state index contributed by atoms with van der Waals surface area (Å²) >= 11 is 0. The van der Waals surface area contributed by atoms with E-state index >= 15 is 0 Å². The second-order valence-corrected chi connectivity index (χ2v) is 7.39. The van der Waals surface area contributed by atoms with Gasteiger partial charge in [0.1, 0.15) is 12.4 Å². The van der Waals surface area contributed by atoms with Gasteiger partial charge in [-0.15, -0.1) is 0 Å². The molecule has 1 saturated heterocycles. The molecule has 154 valence electrons. The van der Waals surface area contributed by atoms with Gasteiger partial charge in [0.25, 0.3) is 5.56 Å². The van der Waals surface area contributed by atoms with Crippen LogP contribution in [0.15, 0.2) is 71.8 Å². The number of para-hydroxylation sites is 1. The number of rotatable bonds is 5. The van der Waals surface area contributed by atoms with E-state index in [0.717, 1.165) is 32.0 Å². The van der Waals surface area contributed by atoms with Gasteiger partial charge in [0, 0.05) is 43.6 Å². The fourth-order valence-corrected chi connectivity index (χ4v) is 3.62. The van der Waals surface area contributed by atoms with Crippen LogP contribution >= 0.6 is 0 Å². The minimum absolute atomic E-state index is 0.0241. The van der Waals surface area contributed by atoms with Gasteiger partial charge in [-0.25, -0.2) is 4.98 Å². The standard InChI is InChI=1S/C23H25N5O2/c1-18-6-5-11-28(23(18)30)17-22(29)25-19-9-10-21(24-16-19)27-14-12-26(13-15-27)20-7-3-2-4-8-20/h2-11,16H,12-15,17H2,1H3,(H,25,29). The summed E-state index contributed by atoms with van der Waals surface area (Å²) in [6.45, 7) is 5.38. The highest BCUT2D eigenvalue weighted by atomic mass is 16.2. The van der Waals surface area contributed by atoms with E-state index in [1.54, 1.807) is 31.5 Å². The highest BCUT2D eigenvalue weighted by molar-refractivity contribution is 5.90. The Hall–Kier alpha value is -3.61. The van der Waals surface area contributed by atoms with Gasteiger partial charge in [-0.3, -0.25) is 9.59 Å². The summed E-state index contributed by atoms with van der Waals surface area (Å²) in [6, 6.07) is 17.7. The second-order valence-electron chi connectivity index (χ2n) is 7.39. The normalized spacial score (nSPS) is 13.9. The van der Waals surface area contributed by atoms with Crippen molar-refractivity contribution in [1.82, 2.24) is 9.55 Å². The first kappa shape index (κ1) is 19.7. The van der Waals surface area contributed by atoms with Crippen LogP contribution in [0.2, 0.25) is 0 Å². The maximum absolute atomic E-state index is 12.3. The monoisotopic (exact) mass is 403 g/mol. The summed E-state index contributed by atoms with van der Waals surface area (Å²) in [4.78, 5) is 33.5. The van der Waals surface area contributed by atoms with Crippen molar-refractivity contribution in [2.75, 3.05) is 41.3 Å². The van der Waals surface area contributed by atoms with Crippen LogP contribution in [0.1, 0.15) is 5.56 Å². The number of hydrogen-bond acceptors (Lipinski definition) is 5. The van der Waals surface area contributed by atoms with Gasteiger partial charge in [-0.1, -0.05) is 24.3 Å². The van der Waals surface area contributed by atoms with Crippen LogP contribution < -0.4 is 20.7 Å². The summed E-state index contributed by atoms with van der Waals surface area (Å²) in [6.07, 6.45) is 3.28. The molecule has 0 aliphatic carbocycles. The van der Waals surface area contributed by atoms with Gasteiger partial charge in [0.2, 0.25) is 5.91 Å². The molecule has 0 saturated carbocycles. The first-order chi connectivity index (χ1) is 14.6. The van der Waals surface area contributed by atoms with E-state index in [9.17, 15) is 9.59 Å². The maximum atomic E-state index is 12.3. The predicted octanol–water partition coefficient (Wildman–Crippen LogP) is 2.52. The van der Waals surface area contributed by atoms with Crippen molar-refractivity contribution in [1.29, 1.82) is 0 Å². The van der Waals surface area contributed by atoms with Crippen LogP contribution in [0.5, 0.6) is 0 Å². The number of aryl methyl sites for hydroxylation is 1. The molecular formula is C23H25N5O2. The fraction of sp³-hybridized carbons (Fsp3) is 0.261. The molecular weight excluding hydrogens is 378 g/mol. The van der Waals surface area contributed by atoms with Gasteiger partial charge in [0.15, 0.2) is 0 Å². The molecule has 0 unspecified atom stereocenters. The molecule has 3 aromatic rings. The lowest BCUT2D eigenvalue weighted by molar-refractivity contribution is -0.116. The number of aromatic nitrogens is 2. The van der Waals surface area contributed by atoms with Gasteiger partial charge in [-0.05, 0) is 37.3 Å². The van der Waals surface area contributed by atoms with E-state index in [4.69, 9.17) is 0 Å². The number of nitrogens with one attached hydrogen (secondary N) is 1. The first-order valence-electron chi connectivity index (χ1n) is 10.1. The van der Waals surface area contributed by atoms with Crippen LogP contribution in [0, 0.1) is 6.92 Å². The summed E-state index contributed by atoms with van der Waals surface area (Å²) < 4.78 is 1.40. The SMILES string of the molecule is Cc1cccn(CC(=O)Nc2ccc(N3CCN(c4ccccc4)CC3)nc2)c1=O. The topological polar surface area (TPSA) is 70.5 Å². The number of amides is 1. The van der Waals surface area contributed by atoms with E-state index in [0.29, 0.717) is 11.3 Å². The molecule has 30 heavy (non-hydrogen) atoms. The van der Waals surface area contributed by atoms with Crippen LogP contribution in [0.4, 0.5) is 17.2 Å². The average Bonchev–Trinajstić information content (AvgIpc) is 2.78. The molecule has 1 amide bonds. The number of hydrogen-bond donors (Lipinski definition) is 1. The number of carbonyl (C=O) groups is 1. The van der Waals surface area contributed by atoms with Crippen molar-refractivity contribution < 1.29 is 4.79 Å². The molecule has 1 aliphatic heterocycles. The highest BCUT2D eigenvalue weighted by Gasteiger charge is 2.18. The second kappa shape index (κ2) is 8.82. The lowest BCUT2D eigenvalue weighted by atomic mass is 10.2. The Labute approximate surface area is 175 Å². The van der Waals surface area contributed by atoms with Gasteiger partial charge in [0.05, 0.1) is 11.9 Å². The van der Waals surface area contributed by atoms with Crippen LogP contribution in [-0.2, 0) is 11.3 Å². The summed E-state index contributed by atoms with van der Waals surface area (Å²) in [5.74, 6) is 0.643. The number of anilines is 3. The zero-order valence-electron chi connectivity index (χ0n) is 17.0. The lowest BCUT2D eigenvalue weighted by Gasteiger charge is -2.36. The zero-order chi connectivity index (χ0) is 20.9. The third-order valence-electron chi connectivity index (χ3n) is 5.28. The summed E-state index contributed by atoms with van der Waals surface area (Å²) in [7, 11) is 0. The summed E-state index contributed by atoms with van der Waals surface area (Å²) in [5.41, 5.74) is 2.32. The molecule has 0 atom stereocenters. The van der Waals surface area contributed by atoms with Crippen molar-refractivity contribution >= 4 is 23.1 Å². The third-order valence-corrected chi connectivity index (χ3v) is 5.28. The molecule has 3 heterocycles. The number of carbonyl (C=O) groups excluding carboxylic acids is 1. The van der Waals surface area contributed by atoms with E-state index in [1.807, 2.05) is 18.2 Å². The van der Waals surface area contributed by atoms with E-state index in [-0.39, 0.29) is 18.0 Å². The smallest absolute Gasteiger partial charge is 0.253 e. The Bertz CT molecular complexity index is 1050. The van der Waals surface area contributed by atoms with Crippen LogP contribution in [0.25, 0.3) is 0 Å². The van der Waals surface area contributed by atoms with Crippen LogP contribution in [0.3, 0.4) is 0 Å². The fourth-order valence-electron chi connectivity index (χ4n) is 3.62. The minimum Gasteiger partial charge on any atom is -0.368 e. The molecule has 7 heteroatoms. The highest BCUT2D eigenvalue weighted by Crippen LogP contribution is 2.20. The number of piperazine rings is 1. The van der Waals surface area contributed by atoms with Crippen molar-refractivity contribution in [2.24, 2.45) is 0 Å². The molecule has 1 aromatic carbocycles. The minimum atomic E-state index is -0.256. The molecule has 4 rings (SSSR count). The number of nitrogens with zero attached hydrogens (tertiary/aromatic N) is 4. The number of benzene rings is 1. The Morgan fingerprint density at radius 2 is 1.70 bits per heavy atom. The molecule has 1 aliphatic rings. The lowest BCUT2D eigenvalue weighted by Crippen LogP contribution is -2.46. The van der Waals surface area contributed by atoms with E-state index in [2.05, 4.69) is 44.4 Å². The van der Waals surface area contributed by atoms with Crippen molar-refractivity contribution in [3.63, 3.8) is 0 Å². The number of pyridine rings is 2. The van der Waals surface area contributed by atoms with Crippen LogP contribution in [-0.4, -0.2) is 41.6 Å². The molecule has 1 N–H and O–H groups in total. The van der Waals surface area contributed by atoms with Gasteiger partial charge in [-0.2, -0.15) is 0 Å². The molecule has 0 radical (unpaired) electrons. The van der Waals surface area contributed by atoms with Gasteiger partial charge < -0.3 is 19.7 Å². The molecule has 0 spiro atoms. The quantitative estimate of drug-likeness (QED) is 0.709. The Morgan fingerprint density at radius 1 is 0.967 bits per heavy atom. The van der Waals surface area contributed by atoms with E-state index in [1.165, 1.54) is 10.3 Å². The largest absolute Gasteiger partial charge is 0.368 e. The molecule has 0 bridgehead atoms. The van der Waals surface area contributed by atoms with Gasteiger partial charge >= 0.3 is 0 Å². The van der Waals surface area contributed by atoms with Crippen molar-refractivity contribution in [3.05, 3.63) is 82.9 Å². The Balaban J connectivity index is 1.32. The van der Waals surface area contributed by atoms with E-state index < -0.39 is 0 Å². The maximum Gasteiger partial charge on any atom is 0.253 e. The molecule has 7 nitrogen and oxygen atoms in total. The zero-order valence-corrected chi connectivity index (χ0v) is 17.0.